The van der Waals surface area contributed by atoms with E-state index in [0.29, 0.717) is 18.2 Å². The number of rotatable bonds is 6. The van der Waals surface area contributed by atoms with Gasteiger partial charge in [-0.25, -0.2) is 4.98 Å². The lowest BCUT2D eigenvalue weighted by Crippen LogP contribution is -2.14. The van der Waals surface area contributed by atoms with Gasteiger partial charge < -0.3 is 5.32 Å². The van der Waals surface area contributed by atoms with Gasteiger partial charge in [-0.05, 0) is 24.0 Å². The Morgan fingerprint density at radius 1 is 1.45 bits per heavy atom. The van der Waals surface area contributed by atoms with Crippen LogP contribution in [0.15, 0.2) is 30.5 Å². The first kappa shape index (κ1) is 14.6. The Labute approximate surface area is 121 Å². The van der Waals surface area contributed by atoms with Gasteiger partial charge in [-0.2, -0.15) is 11.8 Å². The summed E-state index contributed by atoms with van der Waals surface area (Å²) in [6.45, 7) is 2.83. The van der Waals surface area contributed by atoms with Gasteiger partial charge in [0.1, 0.15) is 11.9 Å². The summed E-state index contributed by atoms with van der Waals surface area (Å²) in [7, 11) is 0. The molecular weight excluding hydrogens is 274 g/mol. The molecule has 0 aliphatic carbocycles. The maximum Gasteiger partial charge on any atom is 0.311 e. The van der Waals surface area contributed by atoms with Crippen LogP contribution in [0.4, 0.5) is 11.4 Å². The van der Waals surface area contributed by atoms with Crippen LogP contribution in [-0.2, 0) is 0 Å². The summed E-state index contributed by atoms with van der Waals surface area (Å²) in [4.78, 5) is 14.9. The van der Waals surface area contributed by atoms with Gasteiger partial charge in [0.15, 0.2) is 0 Å². The number of hydrogen-bond acceptors (Lipinski definition) is 5. The summed E-state index contributed by atoms with van der Waals surface area (Å²) in [5.41, 5.74) is 1.35. The highest BCUT2D eigenvalue weighted by Gasteiger charge is 2.18. The predicted octanol–water partition coefficient (Wildman–Crippen LogP) is 3.55. The van der Waals surface area contributed by atoms with Gasteiger partial charge in [-0.3, -0.25) is 10.1 Å². The molecule has 1 unspecified atom stereocenters. The molecule has 0 bridgehead atoms. The molecule has 2 rings (SSSR count). The Morgan fingerprint density at radius 2 is 2.20 bits per heavy atom. The minimum absolute atomic E-state index is 0.0278. The third kappa shape index (κ3) is 3.19. The Bertz CT molecular complexity index is 618. The molecule has 20 heavy (non-hydrogen) atoms. The molecule has 106 valence electrons. The Kier molecular flexibility index (Phi) is 4.79. The second-order valence-corrected chi connectivity index (χ2v) is 5.64. The monoisotopic (exact) mass is 291 g/mol. The van der Waals surface area contributed by atoms with Gasteiger partial charge in [-0.1, -0.05) is 25.1 Å². The number of nitrogens with one attached hydrogen (secondary N) is 1. The number of fused-ring (bicyclic) bond motifs is 1. The number of thioether (sulfide) groups is 1. The Hall–Kier alpha value is -1.82. The number of nitro groups is 1. The van der Waals surface area contributed by atoms with E-state index in [-0.39, 0.29) is 10.6 Å². The van der Waals surface area contributed by atoms with Crippen LogP contribution in [0.2, 0.25) is 0 Å². The minimum Gasteiger partial charge on any atom is -0.379 e. The second-order valence-electron chi connectivity index (χ2n) is 4.73. The van der Waals surface area contributed by atoms with Crippen LogP contribution in [0, 0.1) is 16.0 Å². The fraction of sp³-hybridized carbons (Fsp3) is 0.357. The molecule has 1 heterocycles. The molecule has 1 atom stereocenters. The minimum atomic E-state index is -0.388. The molecule has 1 N–H and O–H groups in total. The highest BCUT2D eigenvalue weighted by molar-refractivity contribution is 7.98. The molecule has 0 fully saturated rings. The maximum atomic E-state index is 11.2. The zero-order valence-electron chi connectivity index (χ0n) is 11.5. The van der Waals surface area contributed by atoms with Crippen molar-refractivity contribution in [3.8, 4) is 0 Å². The van der Waals surface area contributed by atoms with E-state index in [0.717, 1.165) is 16.7 Å². The number of anilines is 1. The SMILES string of the molecule is CSCC(C)CNc1c([N+](=O)[O-])cnc2ccccc12. The van der Waals surface area contributed by atoms with Crippen molar-refractivity contribution in [2.45, 2.75) is 6.92 Å². The van der Waals surface area contributed by atoms with Gasteiger partial charge in [-0.15, -0.1) is 0 Å². The van der Waals surface area contributed by atoms with Gasteiger partial charge in [0.05, 0.1) is 10.4 Å². The van der Waals surface area contributed by atoms with Crippen molar-refractivity contribution in [3.63, 3.8) is 0 Å². The maximum absolute atomic E-state index is 11.2. The third-order valence-electron chi connectivity index (χ3n) is 3.03. The first-order valence-electron chi connectivity index (χ1n) is 6.38. The number of pyridine rings is 1. The average Bonchev–Trinajstić information content (AvgIpc) is 2.44. The molecule has 6 heteroatoms. The first-order valence-corrected chi connectivity index (χ1v) is 7.77. The average molecular weight is 291 g/mol. The lowest BCUT2D eigenvalue weighted by atomic mass is 10.1. The Balaban J connectivity index is 2.37. The van der Waals surface area contributed by atoms with E-state index in [1.807, 2.05) is 24.3 Å². The van der Waals surface area contributed by atoms with Gasteiger partial charge in [0, 0.05) is 11.9 Å². The molecule has 0 saturated heterocycles. The predicted molar refractivity (Wildman–Crippen MR) is 84.4 cm³/mol. The van der Waals surface area contributed by atoms with Crippen LogP contribution in [0.5, 0.6) is 0 Å². The van der Waals surface area contributed by atoms with Crippen molar-refractivity contribution in [3.05, 3.63) is 40.6 Å². The summed E-state index contributed by atoms with van der Waals surface area (Å²) in [5.74, 6) is 1.46. The number of nitrogens with zero attached hydrogens (tertiary/aromatic N) is 2. The van der Waals surface area contributed by atoms with E-state index in [9.17, 15) is 10.1 Å². The smallest absolute Gasteiger partial charge is 0.311 e. The van der Waals surface area contributed by atoms with Crippen molar-refractivity contribution in [1.82, 2.24) is 4.98 Å². The van der Waals surface area contributed by atoms with Gasteiger partial charge in [0.2, 0.25) is 0 Å². The lowest BCUT2D eigenvalue weighted by molar-refractivity contribution is -0.384. The normalized spacial score (nSPS) is 12.3. The molecule has 5 nitrogen and oxygen atoms in total. The number of para-hydroxylation sites is 1. The molecule has 1 aromatic heterocycles. The standard InChI is InChI=1S/C14H17N3O2S/c1-10(9-20-2)7-16-14-11-5-3-4-6-12(11)15-8-13(14)17(18)19/h3-6,8,10H,7,9H2,1-2H3,(H,15,16). The number of benzene rings is 1. The summed E-state index contributed by atoms with van der Waals surface area (Å²) >= 11 is 1.77. The highest BCUT2D eigenvalue weighted by atomic mass is 32.2. The highest BCUT2D eigenvalue weighted by Crippen LogP contribution is 2.31. The Morgan fingerprint density at radius 3 is 2.90 bits per heavy atom. The number of aromatic nitrogens is 1. The van der Waals surface area contributed by atoms with E-state index in [1.165, 1.54) is 6.20 Å². The van der Waals surface area contributed by atoms with Crippen molar-refractivity contribution in [2.75, 3.05) is 23.9 Å². The van der Waals surface area contributed by atoms with Crippen molar-refractivity contribution >= 4 is 34.0 Å². The fourth-order valence-electron chi connectivity index (χ4n) is 2.07. The topological polar surface area (TPSA) is 68.1 Å². The van der Waals surface area contributed by atoms with Crippen molar-refractivity contribution < 1.29 is 4.92 Å². The molecule has 0 spiro atoms. The quantitative estimate of drug-likeness (QED) is 0.651. The van der Waals surface area contributed by atoms with E-state index in [4.69, 9.17) is 0 Å². The van der Waals surface area contributed by atoms with E-state index >= 15 is 0 Å². The lowest BCUT2D eigenvalue weighted by Gasteiger charge is -2.14. The van der Waals surface area contributed by atoms with Crippen molar-refractivity contribution in [2.24, 2.45) is 5.92 Å². The molecule has 1 aromatic carbocycles. The van der Waals surface area contributed by atoms with Crippen LogP contribution in [0.3, 0.4) is 0 Å². The summed E-state index contributed by atoms with van der Waals surface area (Å²) in [6, 6.07) is 7.46. The molecule has 0 saturated carbocycles. The van der Waals surface area contributed by atoms with Crippen LogP contribution in [0.1, 0.15) is 6.92 Å². The molecule has 0 amide bonds. The molecule has 0 aliphatic heterocycles. The third-order valence-corrected chi connectivity index (χ3v) is 3.93. The number of hydrogen-bond donors (Lipinski definition) is 1. The van der Waals surface area contributed by atoms with E-state index in [2.05, 4.69) is 23.5 Å². The molecular formula is C14H17N3O2S. The van der Waals surface area contributed by atoms with E-state index < -0.39 is 0 Å². The van der Waals surface area contributed by atoms with Gasteiger partial charge in [0.25, 0.3) is 0 Å². The first-order chi connectivity index (χ1) is 9.63. The van der Waals surface area contributed by atoms with Crippen LogP contribution < -0.4 is 5.32 Å². The zero-order chi connectivity index (χ0) is 14.5. The molecule has 0 radical (unpaired) electrons. The second kappa shape index (κ2) is 6.56. The molecule has 2 aromatic rings. The van der Waals surface area contributed by atoms with Crippen LogP contribution >= 0.6 is 11.8 Å². The summed E-state index contributed by atoms with van der Waals surface area (Å²) in [6.07, 6.45) is 3.38. The van der Waals surface area contributed by atoms with Crippen LogP contribution in [0.25, 0.3) is 10.9 Å². The molecule has 0 aliphatic rings. The largest absolute Gasteiger partial charge is 0.379 e. The van der Waals surface area contributed by atoms with Crippen LogP contribution in [-0.4, -0.2) is 28.5 Å². The summed E-state index contributed by atoms with van der Waals surface area (Å²) in [5, 5.41) is 15.2. The summed E-state index contributed by atoms with van der Waals surface area (Å²) < 4.78 is 0. The van der Waals surface area contributed by atoms with E-state index in [1.54, 1.807) is 11.8 Å². The van der Waals surface area contributed by atoms with Gasteiger partial charge >= 0.3 is 5.69 Å². The van der Waals surface area contributed by atoms with Crippen molar-refractivity contribution in [1.29, 1.82) is 0 Å². The zero-order valence-corrected chi connectivity index (χ0v) is 12.3. The fourth-order valence-corrected chi connectivity index (χ4v) is 2.76.